The van der Waals surface area contributed by atoms with Crippen molar-refractivity contribution < 1.29 is 19.5 Å². The molecule has 3 heterocycles. The first-order chi connectivity index (χ1) is 13.5. The lowest BCUT2D eigenvalue weighted by molar-refractivity contribution is -0.121. The van der Waals surface area contributed by atoms with Crippen LogP contribution in [0.5, 0.6) is 0 Å². The molecule has 0 spiro atoms. The molecule has 0 aliphatic carbocycles. The summed E-state index contributed by atoms with van der Waals surface area (Å²) in [6.07, 6.45) is -0.673. The summed E-state index contributed by atoms with van der Waals surface area (Å²) in [4.78, 5) is 40.4. The number of aliphatic hydroxyl groups is 1. The highest BCUT2D eigenvalue weighted by molar-refractivity contribution is 7.12. The summed E-state index contributed by atoms with van der Waals surface area (Å²) < 4.78 is 0. The van der Waals surface area contributed by atoms with E-state index in [1.807, 2.05) is 29.6 Å². The third kappa shape index (κ3) is 3.49. The van der Waals surface area contributed by atoms with Gasteiger partial charge in [0.05, 0.1) is 17.7 Å². The van der Waals surface area contributed by atoms with Crippen LogP contribution < -0.4 is 5.32 Å². The fourth-order valence-corrected chi connectivity index (χ4v) is 4.75. The van der Waals surface area contributed by atoms with Gasteiger partial charge in [-0.3, -0.25) is 19.3 Å². The van der Waals surface area contributed by atoms with Crippen molar-refractivity contribution in [2.45, 2.75) is 12.6 Å². The molecule has 1 aromatic carbocycles. The number of fused-ring (bicyclic) bond motifs is 1. The average Bonchev–Trinajstić information content (AvgIpc) is 3.44. The van der Waals surface area contributed by atoms with Gasteiger partial charge < -0.3 is 10.4 Å². The highest BCUT2D eigenvalue weighted by Crippen LogP contribution is 2.30. The first-order valence-corrected chi connectivity index (χ1v) is 10.3. The minimum atomic E-state index is -0.673. The number of hydrogen-bond acceptors (Lipinski definition) is 6. The SMILES string of the molecule is O=C(CN1C(=O)c2ccccc2C1=O)NCc1ccc(C(O)c2cccs2)s1. The molecule has 2 N–H and O–H groups in total. The first-order valence-electron chi connectivity index (χ1n) is 8.56. The molecule has 1 unspecified atom stereocenters. The summed E-state index contributed by atoms with van der Waals surface area (Å²) >= 11 is 2.89. The molecule has 2 aromatic heterocycles. The van der Waals surface area contributed by atoms with Crippen molar-refractivity contribution >= 4 is 40.4 Å². The monoisotopic (exact) mass is 412 g/mol. The maximum absolute atomic E-state index is 12.3. The molecule has 6 nitrogen and oxygen atoms in total. The van der Waals surface area contributed by atoms with Gasteiger partial charge in [0.1, 0.15) is 12.6 Å². The Balaban J connectivity index is 1.35. The third-order valence-corrected chi connectivity index (χ3v) is 6.47. The second kappa shape index (κ2) is 7.67. The molecule has 28 heavy (non-hydrogen) atoms. The molecular formula is C20H16N2O4S2. The number of carbonyl (C=O) groups is 3. The number of thiophene rings is 2. The molecule has 4 rings (SSSR count). The fraction of sp³-hybridized carbons (Fsp3) is 0.150. The molecule has 3 amide bonds. The number of nitrogens with zero attached hydrogens (tertiary/aromatic N) is 1. The zero-order valence-corrected chi connectivity index (χ0v) is 16.3. The number of hydrogen-bond donors (Lipinski definition) is 2. The quantitative estimate of drug-likeness (QED) is 0.610. The number of carbonyl (C=O) groups excluding carboxylic acids is 3. The van der Waals surface area contributed by atoms with Crippen molar-refractivity contribution in [2.24, 2.45) is 0 Å². The maximum atomic E-state index is 12.3. The summed E-state index contributed by atoms with van der Waals surface area (Å²) in [5.41, 5.74) is 0.650. The topological polar surface area (TPSA) is 86.7 Å². The van der Waals surface area contributed by atoms with Crippen LogP contribution in [0.4, 0.5) is 0 Å². The number of imide groups is 1. The Labute approximate surface area is 169 Å². The number of amides is 3. The van der Waals surface area contributed by atoms with Crippen molar-refractivity contribution in [3.05, 3.63) is 79.7 Å². The fourth-order valence-electron chi connectivity index (χ4n) is 2.99. The Morgan fingerprint density at radius 3 is 2.36 bits per heavy atom. The number of benzene rings is 1. The van der Waals surface area contributed by atoms with E-state index in [0.29, 0.717) is 11.1 Å². The zero-order chi connectivity index (χ0) is 19.7. The van der Waals surface area contributed by atoms with E-state index in [0.717, 1.165) is 19.5 Å². The van der Waals surface area contributed by atoms with Gasteiger partial charge in [-0.2, -0.15) is 0 Å². The van der Waals surface area contributed by atoms with Gasteiger partial charge in [-0.15, -0.1) is 22.7 Å². The lowest BCUT2D eigenvalue weighted by atomic mass is 10.1. The Morgan fingerprint density at radius 2 is 1.71 bits per heavy atom. The van der Waals surface area contributed by atoms with Gasteiger partial charge in [0.2, 0.25) is 5.91 Å². The minimum absolute atomic E-state index is 0.268. The summed E-state index contributed by atoms with van der Waals surface area (Å²) in [6, 6.07) is 14.0. The predicted molar refractivity (Wildman–Crippen MR) is 106 cm³/mol. The van der Waals surface area contributed by atoms with E-state index < -0.39 is 23.8 Å². The zero-order valence-electron chi connectivity index (χ0n) is 14.6. The summed E-state index contributed by atoms with van der Waals surface area (Å²) in [5, 5.41) is 15.0. The molecule has 1 aliphatic rings. The van der Waals surface area contributed by atoms with E-state index in [4.69, 9.17) is 0 Å². The molecule has 0 radical (unpaired) electrons. The van der Waals surface area contributed by atoms with Crippen LogP contribution in [0.25, 0.3) is 0 Å². The first kappa shape index (κ1) is 18.5. The molecule has 8 heteroatoms. The van der Waals surface area contributed by atoms with Gasteiger partial charge in [0.25, 0.3) is 11.8 Å². The summed E-state index contributed by atoms with van der Waals surface area (Å²) in [6.45, 7) is -0.0494. The average molecular weight is 412 g/mol. The van der Waals surface area contributed by atoms with Crippen LogP contribution in [0.15, 0.2) is 53.9 Å². The van der Waals surface area contributed by atoms with Crippen molar-refractivity contribution in [3.63, 3.8) is 0 Å². The minimum Gasteiger partial charge on any atom is -0.382 e. The van der Waals surface area contributed by atoms with Crippen LogP contribution in [-0.2, 0) is 11.3 Å². The second-order valence-corrected chi connectivity index (χ2v) is 8.42. The van der Waals surface area contributed by atoms with Gasteiger partial charge >= 0.3 is 0 Å². The van der Waals surface area contributed by atoms with E-state index in [2.05, 4.69) is 5.32 Å². The molecule has 1 atom stereocenters. The van der Waals surface area contributed by atoms with Crippen molar-refractivity contribution in [2.75, 3.05) is 6.54 Å². The molecule has 0 saturated carbocycles. The van der Waals surface area contributed by atoms with Crippen LogP contribution in [0.1, 0.15) is 41.5 Å². The summed E-state index contributed by atoms with van der Waals surface area (Å²) in [7, 11) is 0. The smallest absolute Gasteiger partial charge is 0.262 e. The van der Waals surface area contributed by atoms with Crippen LogP contribution in [0.2, 0.25) is 0 Å². The van der Waals surface area contributed by atoms with Crippen LogP contribution in [0, 0.1) is 0 Å². The predicted octanol–water partition coefficient (Wildman–Crippen LogP) is 2.80. The normalized spacial score (nSPS) is 14.2. The Hall–Kier alpha value is -2.81. The van der Waals surface area contributed by atoms with Gasteiger partial charge in [-0.05, 0) is 35.7 Å². The molecular weight excluding hydrogens is 396 g/mol. The molecule has 3 aromatic rings. The van der Waals surface area contributed by atoms with Crippen molar-refractivity contribution in [1.82, 2.24) is 10.2 Å². The highest BCUT2D eigenvalue weighted by Gasteiger charge is 2.36. The molecule has 1 aliphatic heterocycles. The molecule has 0 saturated heterocycles. The number of nitrogens with one attached hydrogen (secondary N) is 1. The van der Waals surface area contributed by atoms with E-state index in [1.165, 1.54) is 22.7 Å². The van der Waals surface area contributed by atoms with Crippen LogP contribution >= 0.6 is 22.7 Å². The van der Waals surface area contributed by atoms with Crippen LogP contribution in [0.3, 0.4) is 0 Å². The highest BCUT2D eigenvalue weighted by atomic mass is 32.1. The Morgan fingerprint density at radius 1 is 1.00 bits per heavy atom. The Kier molecular flexibility index (Phi) is 5.08. The lowest BCUT2D eigenvalue weighted by Gasteiger charge is -2.13. The van der Waals surface area contributed by atoms with Crippen molar-refractivity contribution in [3.8, 4) is 0 Å². The largest absolute Gasteiger partial charge is 0.382 e. The van der Waals surface area contributed by atoms with Gasteiger partial charge in [0.15, 0.2) is 0 Å². The third-order valence-electron chi connectivity index (χ3n) is 4.40. The van der Waals surface area contributed by atoms with Gasteiger partial charge in [-0.25, -0.2) is 0 Å². The van der Waals surface area contributed by atoms with E-state index in [9.17, 15) is 19.5 Å². The van der Waals surface area contributed by atoms with Crippen molar-refractivity contribution in [1.29, 1.82) is 0 Å². The van der Waals surface area contributed by atoms with Gasteiger partial charge in [-0.1, -0.05) is 18.2 Å². The van der Waals surface area contributed by atoms with E-state index >= 15 is 0 Å². The van der Waals surface area contributed by atoms with Gasteiger partial charge in [0, 0.05) is 14.6 Å². The molecule has 0 bridgehead atoms. The second-order valence-electron chi connectivity index (χ2n) is 6.24. The van der Waals surface area contributed by atoms with Crippen LogP contribution in [-0.4, -0.2) is 34.3 Å². The van der Waals surface area contributed by atoms with E-state index in [1.54, 1.807) is 24.3 Å². The number of aliphatic hydroxyl groups excluding tert-OH is 1. The Bertz CT molecular complexity index is 1010. The maximum Gasteiger partial charge on any atom is 0.262 e. The van der Waals surface area contributed by atoms with E-state index in [-0.39, 0.29) is 13.1 Å². The lowest BCUT2D eigenvalue weighted by Crippen LogP contribution is -2.40. The standard InChI is InChI=1S/C20H16N2O4S2/c23-17(11-22-19(25)13-4-1-2-5-14(13)20(22)26)21-10-12-7-8-16(28-12)18(24)15-6-3-9-27-15/h1-9,18,24H,10-11H2,(H,21,23). The molecule has 142 valence electrons. The molecule has 0 fully saturated rings. The number of rotatable bonds is 6. The summed E-state index contributed by atoms with van der Waals surface area (Å²) in [5.74, 6) is -1.32.